The summed E-state index contributed by atoms with van der Waals surface area (Å²) in [7, 11) is -7.53. The lowest BCUT2D eigenvalue weighted by Crippen LogP contribution is -2.30. The first-order valence-corrected chi connectivity index (χ1v) is 12.4. The van der Waals surface area contributed by atoms with Crippen molar-refractivity contribution in [2.24, 2.45) is 4.99 Å². The van der Waals surface area contributed by atoms with Gasteiger partial charge in [0.15, 0.2) is 0 Å². The van der Waals surface area contributed by atoms with Crippen LogP contribution in [0.3, 0.4) is 0 Å². The number of benzene rings is 2. The fraction of sp³-hybridized carbons (Fsp3) is 0.350. The molecule has 0 amide bonds. The minimum absolute atomic E-state index is 0.0548. The summed E-state index contributed by atoms with van der Waals surface area (Å²) in [6.45, 7) is 4.17. The topological polar surface area (TPSA) is 105 Å². The molecule has 2 N–H and O–H groups in total. The van der Waals surface area contributed by atoms with Gasteiger partial charge in [0.2, 0.25) is 0 Å². The van der Waals surface area contributed by atoms with Crippen molar-refractivity contribution in [3.05, 3.63) is 53.6 Å². The van der Waals surface area contributed by atoms with Crippen molar-refractivity contribution in [2.45, 2.75) is 49.3 Å². The van der Waals surface area contributed by atoms with Crippen LogP contribution in [-0.4, -0.2) is 29.2 Å². The zero-order chi connectivity index (χ0) is 21.1. The molecule has 0 aliphatic carbocycles. The van der Waals surface area contributed by atoms with Gasteiger partial charge in [0, 0.05) is 18.7 Å². The Hall–Kier alpha value is -2.39. The van der Waals surface area contributed by atoms with Crippen molar-refractivity contribution in [3.63, 3.8) is 0 Å². The van der Waals surface area contributed by atoms with Crippen LogP contribution in [0.4, 0.5) is 5.69 Å². The lowest BCUT2D eigenvalue weighted by Gasteiger charge is -2.12. The predicted octanol–water partition coefficient (Wildman–Crippen LogP) is 3.36. The van der Waals surface area contributed by atoms with Gasteiger partial charge in [0.05, 0.1) is 9.79 Å². The van der Waals surface area contributed by atoms with Gasteiger partial charge in [-0.1, -0.05) is 18.6 Å². The number of nitrogens with zero attached hydrogens (tertiary/aromatic N) is 1. The molecule has 0 spiro atoms. The largest absolute Gasteiger partial charge is 0.280 e. The normalized spacial score (nSPS) is 15.3. The number of rotatable bonds is 5. The first-order chi connectivity index (χ1) is 13.7. The third-order valence-electron chi connectivity index (χ3n) is 4.68. The van der Waals surface area contributed by atoms with Crippen LogP contribution in [0.15, 0.2) is 57.2 Å². The predicted molar refractivity (Wildman–Crippen MR) is 114 cm³/mol. The molecule has 0 saturated carbocycles. The molecule has 1 aliphatic rings. The monoisotopic (exact) mass is 435 g/mol. The van der Waals surface area contributed by atoms with E-state index in [0.717, 1.165) is 24.8 Å². The first kappa shape index (κ1) is 21.3. The molecule has 156 valence electrons. The summed E-state index contributed by atoms with van der Waals surface area (Å²) in [4.78, 5) is 4.53. The number of nitrogens with one attached hydrogen (secondary N) is 2. The Morgan fingerprint density at radius 1 is 0.828 bits per heavy atom. The Balaban J connectivity index is 1.77. The number of anilines is 1. The van der Waals surface area contributed by atoms with Crippen LogP contribution in [0.5, 0.6) is 0 Å². The molecule has 0 atom stereocenters. The highest BCUT2D eigenvalue weighted by atomic mass is 32.2. The second-order valence-corrected chi connectivity index (χ2v) is 10.5. The number of aryl methyl sites for hydroxylation is 2. The third-order valence-corrected chi connectivity index (χ3v) is 7.60. The van der Waals surface area contributed by atoms with E-state index in [2.05, 4.69) is 14.4 Å². The summed E-state index contributed by atoms with van der Waals surface area (Å²) in [6, 6.07) is 10.8. The van der Waals surface area contributed by atoms with Gasteiger partial charge in [-0.15, -0.1) is 0 Å². The molecule has 0 fully saturated rings. The number of hydrogen-bond donors (Lipinski definition) is 2. The second kappa shape index (κ2) is 8.54. The quantitative estimate of drug-likeness (QED) is 0.751. The van der Waals surface area contributed by atoms with Gasteiger partial charge in [-0.25, -0.2) is 16.8 Å². The molecule has 0 bridgehead atoms. The highest BCUT2D eigenvalue weighted by Crippen LogP contribution is 2.22. The summed E-state index contributed by atoms with van der Waals surface area (Å²) in [5.74, 6) is 0.474. The average Bonchev–Trinajstić information content (AvgIpc) is 2.92. The number of aliphatic imine (C=N–C) groups is 1. The van der Waals surface area contributed by atoms with Crippen molar-refractivity contribution in [1.29, 1.82) is 0 Å². The van der Waals surface area contributed by atoms with E-state index in [1.165, 1.54) is 24.3 Å². The fourth-order valence-corrected chi connectivity index (χ4v) is 5.56. The minimum Gasteiger partial charge on any atom is -0.280 e. The van der Waals surface area contributed by atoms with Crippen LogP contribution in [-0.2, 0) is 20.0 Å². The zero-order valence-corrected chi connectivity index (χ0v) is 18.1. The summed E-state index contributed by atoms with van der Waals surface area (Å²) in [5.41, 5.74) is 1.76. The summed E-state index contributed by atoms with van der Waals surface area (Å²) >= 11 is 0. The van der Waals surface area contributed by atoms with Crippen molar-refractivity contribution >= 4 is 31.6 Å². The number of sulfonamides is 2. The van der Waals surface area contributed by atoms with E-state index in [9.17, 15) is 16.8 Å². The highest BCUT2D eigenvalue weighted by molar-refractivity contribution is 7.92. The van der Waals surface area contributed by atoms with E-state index in [4.69, 9.17) is 0 Å². The van der Waals surface area contributed by atoms with Gasteiger partial charge >= 0.3 is 0 Å². The summed E-state index contributed by atoms with van der Waals surface area (Å²) in [5, 5.41) is 0. The fourth-order valence-electron chi connectivity index (χ4n) is 3.08. The smallest absolute Gasteiger partial charge is 0.262 e. The second-order valence-electron chi connectivity index (χ2n) is 7.14. The molecule has 2 aromatic rings. The van der Waals surface area contributed by atoms with Crippen LogP contribution < -0.4 is 9.44 Å². The Bertz CT molecular complexity index is 1120. The van der Waals surface area contributed by atoms with Gasteiger partial charge < -0.3 is 0 Å². The van der Waals surface area contributed by atoms with Crippen LogP contribution in [0.1, 0.15) is 36.8 Å². The molecular formula is C20H25N3O4S2. The molecule has 3 rings (SSSR count). The van der Waals surface area contributed by atoms with Crippen LogP contribution in [0.25, 0.3) is 0 Å². The van der Waals surface area contributed by atoms with Gasteiger partial charge in [0.1, 0.15) is 5.84 Å². The summed E-state index contributed by atoms with van der Waals surface area (Å²) < 4.78 is 55.6. The first-order valence-electron chi connectivity index (χ1n) is 9.44. The molecule has 7 nitrogen and oxygen atoms in total. The minimum atomic E-state index is -3.78. The molecule has 9 heteroatoms. The average molecular weight is 436 g/mol. The molecule has 1 aliphatic heterocycles. The molecule has 0 unspecified atom stereocenters. The van der Waals surface area contributed by atoms with Crippen LogP contribution in [0, 0.1) is 13.8 Å². The maximum Gasteiger partial charge on any atom is 0.262 e. The van der Waals surface area contributed by atoms with Crippen molar-refractivity contribution in [3.8, 4) is 0 Å². The van der Waals surface area contributed by atoms with Crippen LogP contribution >= 0.6 is 0 Å². The number of hydrogen-bond acceptors (Lipinski definition) is 5. The van der Waals surface area contributed by atoms with E-state index in [1.54, 1.807) is 19.1 Å². The van der Waals surface area contributed by atoms with Crippen LogP contribution in [0.2, 0.25) is 0 Å². The van der Waals surface area contributed by atoms with E-state index < -0.39 is 20.0 Å². The Kier molecular flexibility index (Phi) is 6.28. The Labute approximate surface area is 172 Å². The lowest BCUT2D eigenvalue weighted by molar-refractivity contribution is 0.591. The summed E-state index contributed by atoms with van der Waals surface area (Å²) in [6.07, 6.45) is 3.50. The maximum atomic E-state index is 12.7. The van der Waals surface area contributed by atoms with E-state index in [1.807, 2.05) is 13.0 Å². The van der Waals surface area contributed by atoms with Crippen molar-refractivity contribution in [2.75, 3.05) is 11.3 Å². The van der Waals surface area contributed by atoms with E-state index in [-0.39, 0.29) is 15.5 Å². The van der Waals surface area contributed by atoms with E-state index >= 15 is 0 Å². The molecule has 2 aromatic carbocycles. The molecular weight excluding hydrogens is 410 g/mol. The van der Waals surface area contributed by atoms with Crippen molar-refractivity contribution in [1.82, 2.24) is 4.72 Å². The molecule has 0 saturated heterocycles. The molecule has 1 heterocycles. The standard InChI is InChI=1S/C20H25N3O4S2/c1-15-7-8-16(2)19(14-15)29(26,27)22-17-9-11-18(12-10-17)28(24,25)23-20-6-4-3-5-13-21-20/h7-12,14,22H,3-6,13H2,1-2H3,(H,21,23). The van der Waals surface area contributed by atoms with E-state index in [0.29, 0.717) is 24.4 Å². The molecule has 0 radical (unpaired) electrons. The Morgan fingerprint density at radius 2 is 1.55 bits per heavy atom. The molecule has 0 aromatic heterocycles. The van der Waals surface area contributed by atoms with Gasteiger partial charge in [-0.3, -0.25) is 14.4 Å². The zero-order valence-electron chi connectivity index (χ0n) is 16.5. The van der Waals surface area contributed by atoms with Gasteiger partial charge in [-0.05, 0) is 68.1 Å². The van der Waals surface area contributed by atoms with Crippen molar-refractivity contribution < 1.29 is 16.8 Å². The SMILES string of the molecule is Cc1ccc(C)c(S(=O)(=O)Nc2ccc(S(=O)(=O)NC3=NCCCCC3)cc2)c1. The number of amidine groups is 1. The Morgan fingerprint density at radius 3 is 2.28 bits per heavy atom. The lowest BCUT2D eigenvalue weighted by atomic mass is 10.2. The third kappa shape index (κ3) is 5.36. The molecule has 29 heavy (non-hydrogen) atoms. The van der Waals surface area contributed by atoms with Gasteiger partial charge in [-0.2, -0.15) is 0 Å². The highest BCUT2D eigenvalue weighted by Gasteiger charge is 2.19. The maximum absolute atomic E-state index is 12.7. The van der Waals surface area contributed by atoms with Gasteiger partial charge in [0.25, 0.3) is 20.0 Å².